The molecule has 0 spiro atoms. The summed E-state index contributed by atoms with van der Waals surface area (Å²) in [6.45, 7) is -0.0965. The third kappa shape index (κ3) is 4.53. The van der Waals surface area contributed by atoms with E-state index in [0.717, 1.165) is 34.7 Å². The lowest BCUT2D eigenvalue weighted by Gasteiger charge is -2.12. The van der Waals surface area contributed by atoms with E-state index in [4.69, 9.17) is 4.74 Å². The highest BCUT2D eigenvalue weighted by molar-refractivity contribution is 8.00. The second-order valence-electron chi connectivity index (χ2n) is 6.45. The lowest BCUT2D eigenvalue weighted by molar-refractivity contribution is 0.400. The number of pyridine rings is 2. The predicted octanol–water partition coefficient (Wildman–Crippen LogP) is 4.92. The van der Waals surface area contributed by atoms with E-state index in [1.54, 1.807) is 23.1 Å². The molecule has 0 saturated carbocycles. The standard InChI is InChI=1S/C22H15F2N5O2S/c1-31-22-19(28-32-21-5-4-17(23)11-18(21)24)9-16(12-25-22)14-6-8-29-20(10-14)15(13-26-29)3-2-7-27-30/h4-6,8-13,28H,7H2,1H3. The van der Waals surface area contributed by atoms with E-state index in [1.807, 2.05) is 18.2 Å². The van der Waals surface area contributed by atoms with Crippen molar-refractivity contribution in [2.45, 2.75) is 4.90 Å². The van der Waals surface area contributed by atoms with Crippen molar-refractivity contribution in [3.63, 3.8) is 0 Å². The van der Waals surface area contributed by atoms with Gasteiger partial charge in [0, 0.05) is 24.0 Å². The summed E-state index contributed by atoms with van der Waals surface area (Å²) in [6, 6.07) is 8.93. The number of ether oxygens (including phenoxy) is 1. The van der Waals surface area contributed by atoms with Crippen molar-refractivity contribution in [3.05, 3.63) is 77.1 Å². The minimum Gasteiger partial charge on any atom is -0.480 e. The zero-order chi connectivity index (χ0) is 22.5. The fraction of sp³-hybridized carbons (Fsp3) is 0.0909. The van der Waals surface area contributed by atoms with Gasteiger partial charge in [0.1, 0.15) is 23.9 Å². The van der Waals surface area contributed by atoms with Gasteiger partial charge in [-0.1, -0.05) is 17.0 Å². The Bertz CT molecular complexity index is 1360. The number of rotatable bonds is 6. The van der Waals surface area contributed by atoms with Crippen LogP contribution in [0.5, 0.6) is 5.88 Å². The average molecular weight is 451 g/mol. The van der Waals surface area contributed by atoms with E-state index in [2.05, 4.69) is 31.8 Å². The van der Waals surface area contributed by atoms with Gasteiger partial charge in [0.25, 0.3) is 0 Å². The summed E-state index contributed by atoms with van der Waals surface area (Å²) >= 11 is 0.981. The number of benzene rings is 1. The largest absolute Gasteiger partial charge is 0.480 e. The van der Waals surface area contributed by atoms with Gasteiger partial charge in [0.2, 0.25) is 5.88 Å². The Hall–Kier alpha value is -3.97. The van der Waals surface area contributed by atoms with Crippen molar-refractivity contribution in [1.29, 1.82) is 0 Å². The van der Waals surface area contributed by atoms with Gasteiger partial charge in [0.05, 0.1) is 29.3 Å². The summed E-state index contributed by atoms with van der Waals surface area (Å²) in [5.41, 5.74) is 3.55. The van der Waals surface area contributed by atoms with E-state index in [-0.39, 0.29) is 11.4 Å². The lowest BCUT2D eigenvalue weighted by atomic mass is 10.1. The number of nitroso groups, excluding NO2 is 1. The number of nitrogens with one attached hydrogen (secondary N) is 1. The minimum atomic E-state index is -0.671. The molecule has 0 atom stereocenters. The molecule has 10 heteroatoms. The van der Waals surface area contributed by atoms with Crippen LogP contribution in [0.4, 0.5) is 14.5 Å². The molecule has 7 nitrogen and oxygen atoms in total. The molecule has 0 aliphatic carbocycles. The summed E-state index contributed by atoms with van der Waals surface area (Å²) in [4.78, 5) is 14.8. The molecule has 4 rings (SSSR count). The first-order valence-electron chi connectivity index (χ1n) is 9.26. The van der Waals surface area contributed by atoms with Crippen LogP contribution in [0, 0.1) is 28.4 Å². The molecule has 0 aliphatic heterocycles. The molecule has 4 aromatic rings. The molecule has 0 radical (unpaired) electrons. The van der Waals surface area contributed by atoms with Gasteiger partial charge in [0.15, 0.2) is 0 Å². The Morgan fingerprint density at radius 2 is 2.06 bits per heavy atom. The summed E-state index contributed by atoms with van der Waals surface area (Å²) in [7, 11) is 1.48. The fourth-order valence-electron chi connectivity index (χ4n) is 2.94. The first-order valence-corrected chi connectivity index (χ1v) is 10.1. The topological polar surface area (TPSA) is 80.9 Å². The quantitative estimate of drug-likeness (QED) is 0.255. The molecule has 0 saturated heterocycles. The summed E-state index contributed by atoms with van der Waals surface area (Å²) < 4.78 is 37.1. The predicted molar refractivity (Wildman–Crippen MR) is 118 cm³/mol. The van der Waals surface area contributed by atoms with Gasteiger partial charge in [-0.15, -0.1) is 4.91 Å². The van der Waals surface area contributed by atoms with E-state index in [1.165, 1.54) is 19.2 Å². The average Bonchev–Trinajstić information content (AvgIpc) is 3.21. The highest BCUT2D eigenvalue weighted by Crippen LogP contribution is 2.33. The summed E-state index contributed by atoms with van der Waals surface area (Å²) in [5, 5.41) is 6.98. The minimum absolute atomic E-state index is 0.0965. The van der Waals surface area contributed by atoms with Crippen molar-refractivity contribution in [2.75, 3.05) is 18.4 Å². The molecule has 0 fully saturated rings. The Morgan fingerprint density at radius 3 is 2.84 bits per heavy atom. The van der Waals surface area contributed by atoms with Gasteiger partial charge in [-0.05, 0) is 47.8 Å². The summed E-state index contributed by atoms with van der Waals surface area (Å²) in [6.07, 6.45) is 5.05. The number of halogens is 2. The highest BCUT2D eigenvalue weighted by Gasteiger charge is 2.12. The van der Waals surface area contributed by atoms with E-state index < -0.39 is 11.6 Å². The van der Waals surface area contributed by atoms with Crippen molar-refractivity contribution in [2.24, 2.45) is 5.18 Å². The number of hydrogen-bond acceptors (Lipinski definition) is 7. The Balaban J connectivity index is 1.65. The molecular weight excluding hydrogens is 436 g/mol. The monoisotopic (exact) mass is 451 g/mol. The normalized spacial score (nSPS) is 10.5. The molecule has 0 unspecified atom stereocenters. The van der Waals surface area contributed by atoms with Crippen LogP contribution in [0.2, 0.25) is 0 Å². The van der Waals surface area contributed by atoms with Crippen LogP contribution in [0.15, 0.2) is 65.1 Å². The molecule has 0 aliphatic rings. The van der Waals surface area contributed by atoms with Crippen LogP contribution < -0.4 is 9.46 Å². The lowest BCUT2D eigenvalue weighted by Crippen LogP contribution is -1.97. The molecule has 0 bridgehead atoms. The molecule has 1 aromatic carbocycles. The number of hydrogen-bond donors (Lipinski definition) is 1. The summed E-state index contributed by atoms with van der Waals surface area (Å²) in [5.74, 6) is 4.57. The van der Waals surface area contributed by atoms with Crippen LogP contribution in [0.25, 0.3) is 16.6 Å². The second kappa shape index (κ2) is 9.45. The Kier molecular flexibility index (Phi) is 6.28. The Labute approximate surface area is 185 Å². The highest BCUT2D eigenvalue weighted by atomic mass is 32.2. The van der Waals surface area contributed by atoms with E-state index >= 15 is 0 Å². The van der Waals surface area contributed by atoms with Crippen molar-refractivity contribution >= 4 is 23.2 Å². The molecule has 1 N–H and O–H groups in total. The van der Waals surface area contributed by atoms with Crippen molar-refractivity contribution in [3.8, 4) is 28.8 Å². The fourth-order valence-corrected chi connectivity index (χ4v) is 3.60. The second-order valence-corrected chi connectivity index (χ2v) is 7.30. The van der Waals surface area contributed by atoms with Crippen LogP contribution in [-0.2, 0) is 0 Å². The Morgan fingerprint density at radius 1 is 1.19 bits per heavy atom. The van der Waals surface area contributed by atoms with Gasteiger partial charge in [-0.25, -0.2) is 18.3 Å². The van der Waals surface area contributed by atoms with Crippen molar-refractivity contribution in [1.82, 2.24) is 14.6 Å². The first kappa shape index (κ1) is 21.3. The third-order valence-corrected chi connectivity index (χ3v) is 5.30. The van der Waals surface area contributed by atoms with Crippen molar-refractivity contribution < 1.29 is 13.5 Å². The zero-order valence-electron chi connectivity index (χ0n) is 16.7. The first-order chi connectivity index (χ1) is 15.6. The third-order valence-electron chi connectivity index (χ3n) is 4.43. The van der Waals surface area contributed by atoms with Crippen LogP contribution >= 0.6 is 11.9 Å². The van der Waals surface area contributed by atoms with Gasteiger partial charge >= 0.3 is 0 Å². The molecular formula is C22H15F2N5O2S. The number of anilines is 1. The maximum atomic E-state index is 14.0. The van der Waals surface area contributed by atoms with Gasteiger partial charge in [-0.3, -0.25) is 0 Å². The molecule has 32 heavy (non-hydrogen) atoms. The van der Waals surface area contributed by atoms with Crippen LogP contribution in [0.3, 0.4) is 0 Å². The van der Waals surface area contributed by atoms with Gasteiger partial charge in [-0.2, -0.15) is 5.10 Å². The number of aromatic nitrogens is 3. The van der Waals surface area contributed by atoms with Crippen LogP contribution in [0.1, 0.15) is 5.56 Å². The van der Waals surface area contributed by atoms with E-state index in [9.17, 15) is 13.7 Å². The number of nitrogens with zero attached hydrogens (tertiary/aromatic N) is 4. The maximum Gasteiger partial charge on any atom is 0.237 e. The maximum absolute atomic E-state index is 14.0. The van der Waals surface area contributed by atoms with Gasteiger partial charge < -0.3 is 9.46 Å². The number of methoxy groups -OCH3 is 1. The molecule has 3 heterocycles. The molecule has 3 aromatic heterocycles. The SMILES string of the molecule is COc1ncc(-c2ccn3ncc(C#CCN=O)c3c2)cc1NSc1ccc(F)cc1F. The zero-order valence-corrected chi connectivity index (χ0v) is 17.5. The number of fused-ring (bicyclic) bond motifs is 1. The van der Waals surface area contributed by atoms with Crippen LogP contribution in [-0.4, -0.2) is 28.3 Å². The molecule has 0 amide bonds. The van der Waals surface area contributed by atoms with E-state index in [0.29, 0.717) is 17.1 Å². The smallest absolute Gasteiger partial charge is 0.237 e. The molecule has 160 valence electrons.